The molecular formula is C37H34O4. The van der Waals surface area contributed by atoms with E-state index in [-0.39, 0.29) is 11.8 Å². The van der Waals surface area contributed by atoms with Crippen LogP contribution in [0.25, 0.3) is 0 Å². The fourth-order valence-electron chi connectivity index (χ4n) is 9.18. The molecule has 0 aromatic heterocycles. The van der Waals surface area contributed by atoms with Crippen molar-refractivity contribution in [1.29, 1.82) is 0 Å². The van der Waals surface area contributed by atoms with E-state index in [1.54, 1.807) is 24.3 Å². The first-order chi connectivity index (χ1) is 19.8. The summed E-state index contributed by atoms with van der Waals surface area (Å²) in [5.41, 5.74) is 4.17. The smallest absolute Gasteiger partial charge is 0.338 e. The van der Waals surface area contributed by atoms with Gasteiger partial charge >= 0.3 is 11.9 Å². The number of hydrogen-bond acceptors (Lipinski definition) is 4. The van der Waals surface area contributed by atoms with Crippen LogP contribution in [0, 0.1) is 11.8 Å². The lowest BCUT2D eigenvalue weighted by Crippen LogP contribution is -2.74. The summed E-state index contributed by atoms with van der Waals surface area (Å²) >= 11 is 0. The Kier molecular flexibility index (Phi) is 5.60. The lowest BCUT2D eigenvalue weighted by Gasteiger charge is -2.72. The summed E-state index contributed by atoms with van der Waals surface area (Å²) in [6.07, 6.45) is -1.40. The third-order valence-electron chi connectivity index (χ3n) is 10.3. The maximum Gasteiger partial charge on any atom is 0.338 e. The summed E-state index contributed by atoms with van der Waals surface area (Å²) in [6, 6.07) is 35.3. The number of hydrogen-bond donors (Lipinski definition) is 0. The van der Waals surface area contributed by atoms with Crippen molar-refractivity contribution in [2.75, 3.05) is 0 Å². The van der Waals surface area contributed by atoms with Gasteiger partial charge in [0.1, 0.15) is 0 Å². The quantitative estimate of drug-likeness (QED) is 0.241. The van der Waals surface area contributed by atoms with Crippen LogP contribution >= 0.6 is 0 Å². The van der Waals surface area contributed by atoms with Gasteiger partial charge in [0.25, 0.3) is 0 Å². The molecule has 3 aliphatic rings. The zero-order chi connectivity index (χ0) is 28.6. The highest BCUT2D eigenvalue weighted by atomic mass is 16.6. The molecule has 41 heavy (non-hydrogen) atoms. The summed E-state index contributed by atoms with van der Waals surface area (Å²) in [4.78, 5) is 27.7. The molecule has 4 nitrogen and oxygen atoms in total. The van der Waals surface area contributed by atoms with E-state index >= 15 is 0 Å². The van der Waals surface area contributed by atoms with Gasteiger partial charge in [0.2, 0.25) is 0 Å². The third kappa shape index (κ3) is 2.85. The second-order valence-corrected chi connectivity index (χ2v) is 12.3. The van der Waals surface area contributed by atoms with Gasteiger partial charge in [-0.25, -0.2) is 9.59 Å². The van der Waals surface area contributed by atoms with Crippen LogP contribution in [0.15, 0.2) is 109 Å². The monoisotopic (exact) mass is 542 g/mol. The minimum atomic E-state index is -0.701. The highest BCUT2D eigenvalue weighted by Gasteiger charge is 2.90. The van der Waals surface area contributed by atoms with Crippen LogP contribution < -0.4 is 0 Å². The van der Waals surface area contributed by atoms with Gasteiger partial charge in [0, 0.05) is 5.41 Å². The molecule has 4 heteroatoms. The Balaban J connectivity index is 1.51. The van der Waals surface area contributed by atoms with Crippen LogP contribution in [0.4, 0.5) is 0 Å². The van der Waals surface area contributed by atoms with Crippen molar-refractivity contribution in [3.63, 3.8) is 0 Å². The van der Waals surface area contributed by atoms with Gasteiger partial charge in [-0.1, -0.05) is 113 Å². The van der Waals surface area contributed by atoms with E-state index < -0.39 is 40.4 Å². The third-order valence-corrected chi connectivity index (χ3v) is 10.3. The average Bonchev–Trinajstić information content (AvgIpc) is 3.13. The number of benzene rings is 4. The Bertz CT molecular complexity index is 1530. The van der Waals surface area contributed by atoms with Crippen molar-refractivity contribution in [1.82, 2.24) is 0 Å². The van der Waals surface area contributed by atoms with Gasteiger partial charge in [0.15, 0.2) is 12.2 Å². The maximum absolute atomic E-state index is 13.9. The minimum Gasteiger partial charge on any atom is -0.454 e. The predicted octanol–water partition coefficient (Wildman–Crippen LogP) is 7.25. The van der Waals surface area contributed by atoms with E-state index in [9.17, 15) is 9.59 Å². The van der Waals surface area contributed by atoms with Gasteiger partial charge in [-0.05, 0) is 58.4 Å². The second kappa shape index (κ2) is 8.91. The highest BCUT2D eigenvalue weighted by Crippen LogP contribution is 2.84. The van der Waals surface area contributed by atoms with Crippen LogP contribution in [0.2, 0.25) is 0 Å². The molecule has 7 rings (SSSR count). The van der Waals surface area contributed by atoms with Crippen molar-refractivity contribution in [3.05, 3.63) is 143 Å². The SMILES string of the molecule is CC(C)C12c3ccccc3[C@@]13c1ccccc1[C@@]3(C(C)C)C(OC(=O)c1ccccc1)C2OC(=O)c1ccccc1. The van der Waals surface area contributed by atoms with Gasteiger partial charge in [-0.2, -0.15) is 0 Å². The van der Waals surface area contributed by atoms with E-state index in [1.165, 1.54) is 22.3 Å². The first-order valence-electron chi connectivity index (χ1n) is 14.6. The van der Waals surface area contributed by atoms with Crippen LogP contribution in [0.3, 0.4) is 0 Å². The largest absolute Gasteiger partial charge is 0.454 e. The van der Waals surface area contributed by atoms with E-state index in [0.29, 0.717) is 11.1 Å². The molecule has 1 spiro atoms. The summed E-state index contributed by atoms with van der Waals surface area (Å²) in [6.45, 7) is 8.87. The molecule has 3 unspecified atom stereocenters. The van der Waals surface area contributed by atoms with E-state index in [1.807, 2.05) is 36.4 Å². The number of carbonyl (C=O) groups is 2. The molecular weight excluding hydrogens is 508 g/mol. The van der Waals surface area contributed by atoms with Gasteiger partial charge in [-0.15, -0.1) is 0 Å². The Labute approximate surface area is 241 Å². The molecule has 0 amide bonds. The first-order valence-corrected chi connectivity index (χ1v) is 14.6. The summed E-state index contributed by atoms with van der Waals surface area (Å²) < 4.78 is 13.3. The first kappa shape index (κ1) is 25.8. The van der Waals surface area contributed by atoms with Crippen molar-refractivity contribution in [2.45, 2.75) is 56.1 Å². The Morgan fingerprint density at radius 2 is 0.829 bits per heavy atom. The van der Waals surface area contributed by atoms with Crippen LogP contribution in [0.5, 0.6) is 0 Å². The number of ether oxygens (including phenoxy) is 2. The zero-order valence-electron chi connectivity index (χ0n) is 23.8. The second-order valence-electron chi connectivity index (χ2n) is 12.3. The molecule has 0 saturated heterocycles. The summed E-state index contributed by atoms with van der Waals surface area (Å²) in [5, 5.41) is 0. The van der Waals surface area contributed by atoms with E-state index in [0.717, 1.165) is 0 Å². The molecule has 3 aliphatic carbocycles. The number of rotatable bonds is 6. The molecule has 0 N–H and O–H groups in total. The summed E-state index contributed by atoms with van der Waals surface area (Å²) in [5.74, 6) is -0.642. The van der Waals surface area contributed by atoms with Crippen molar-refractivity contribution in [3.8, 4) is 0 Å². The molecule has 1 fully saturated rings. The lowest BCUT2D eigenvalue weighted by molar-refractivity contribution is -0.0643. The maximum atomic E-state index is 13.9. The molecule has 4 aromatic carbocycles. The molecule has 206 valence electrons. The lowest BCUT2D eigenvalue weighted by atomic mass is 9.29. The fourth-order valence-corrected chi connectivity index (χ4v) is 9.18. The molecule has 0 radical (unpaired) electrons. The van der Waals surface area contributed by atoms with Gasteiger partial charge in [-0.3, -0.25) is 0 Å². The molecule has 4 aromatic rings. The standard InChI is InChI=1S/C37H34O4/c1-23(2)35-27-19-11-13-21-29(27)37(35)30-22-14-12-20-28(30)36(37,24(3)4)32(41-34(39)26-17-9-6-10-18-26)31(35)40-33(38)25-15-7-5-8-16-25/h5-24,31-32H,1-4H3/t31?,32?,35-,36?,37+/m0/s1. The van der Waals surface area contributed by atoms with Crippen LogP contribution in [0.1, 0.15) is 70.7 Å². The summed E-state index contributed by atoms with van der Waals surface area (Å²) in [7, 11) is 0. The van der Waals surface area contributed by atoms with Crippen LogP contribution in [-0.2, 0) is 25.7 Å². The predicted molar refractivity (Wildman–Crippen MR) is 158 cm³/mol. The zero-order valence-corrected chi connectivity index (χ0v) is 23.8. The number of esters is 2. The van der Waals surface area contributed by atoms with Crippen molar-refractivity contribution in [2.24, 2.45) is 11.8 Å². The highest BCUT2D eigenvalue weighted by molar-refractivity contribution is 5.92. The number of carbonyl (C=O) groups excluding carboxylic acids is 2. The van der Waals surface area contributed by atoms with Crippen LogP contribution in [-0.4, -0.2) is 24.1 Å². The van der Waals surface area contributed by atoms with Crippen molar-refractivity contribution < 1.29 is 19.1 Å². The minimum absolute atomic E-state index is 0.0814. The Morgan fingerprint density at radius 3 is 1.17 bits per heavy atom. The fraction of sp³-hybridized carbons (Fsp3) is 0.297. The van der Waals surface area contributed by atoms with Gasteiger partial charge < -0.3 is 9.47 Å². The molecule has 0 heterocycles. The Morgan fingerprint density at radius 1 is 0.512 bits per heavy atom. The molecule has 5 atom stereocenters. The Hall–Kier alpha value is -4.18. The molecule has 0 bridgehead atoms. The van der Waals surface area contributed by atoms with E-state index in [2.05, 4.69) is 76.2 Å². The van der Waals surface area contributed by atoms with Crippen molar-refractivity contribution >= 4 is 11.9 Å². The van der Waals surface area contributed by atoms with E-state index in [4.69, 9.17) is 9.47 Å². The number of fused-ring (bicyclic) bond motifs is 4. The van der Waals surface area contributed by atoms with Gasteiger partial charge in [0.05, 0.1) is 22.0 Å². The average molecular weight is 543 g/mol. The normalized spacial score (nSPS) is 28.4. The molecule has 1 saturated carbocycles. The molecule has 0 aliphatic heterocycles. The topological polar surface area (TPSA) is 52.6 Å².